The Balaban J connectivity index is 2.01. The second-order valence-corrected chi connectivity index (χ2v) is 5.10. The van der Waals surface area contributed by atoms with Crippen molar-refractivity contribution in [2.75, 3.05) is 13.2 Å². The molecule has 1 aromatic rings. The third-order valence-corrected chi connectivity index (χ3v) is 3.64. The minimum absolute atomic E-state index is 0.0594. The number of carbonyl (C=O) groups is 1. The van der Waals surface area contributed by atoms with E-state index in [1.54, 1.807) is 6.07 Å². The molecule has 0 aromatic heterocycles. The van der Waals surface area contributed by atoms with Crippen molar-refractivity contribution in [3.05, 3.63) is 17.7 Å². The Morgan fingerprint density at radius 3 is 2.74 bits per heavy atom. The summed E-state index contributed by atoms with van der Waals surface area (Å²) in [6, 6.07) is 3.13. The number of phenols is 1. The number of hydrogen-bond acceptors (Lipinski definition) is 4. The van der Waals surface area contributed by atoms with Gasteiger partial charge in [0.05, 0.1) is 6.42 Å². The van der Waals surface area contributed by atoms with E-state index in [0.717, 1.165) is 18.4 Å². The van der Waals surface area contributed by atoms with E-state index in [1.807, 2.05) is 0 Å². The average Bonchev–Trinajstić information content (AvgIpc) is 3.19. The highest BCUT2D eigenvalue weighted by Gasteiger charge is 2.37. The molecule has 1 saturated carbocycles. The van der Waals surface area contributed by atoms with Crippen LogP contribution in [0.1, 0.15) is 30.7 Å². The zero-order valence-corrected chi connectivity index (χ0v) is 10.5. The maximum atomic E-state index is 11.0. The summed E-state index contributed by atoms with van der Waals surface area (Å²) in [4.78, 5) is 11.0. The zero-order valence-electron chi connectivity index (χ0n) is 10.5. The van der Waals surface area contributed by atoms with Gasteiger partial charge in [0.15, 0.2) is 11.5 Å². The summed E-state index contributed by atoms with van der Waals surface area (Å²) >= 11 is 0. The third kappa shape index (κ3) is 2.45. The smallest absolute Gasteiger partial charge is 0.303 e. The molecule has 0 spiro atoms. The van der Waals surface area contributed by atoms with Gasteiger partial charge < -0.3 is 19.7 Å². The number of aromatic hydroxyl groups is 1. The molecular weight excluding hydrogens is 248 g/mol. The van der Waals surface area contributed by atoms with Crippen molar-refractivity contribution in [3.63, 3.8) is 0 Å². The normalized spacial score (nSPS) is 18.9. The second-order valence-electron chi connectivity index (χ2n) is 5.10. The molecule has 19 heavy (non-hydrogen) atoms. The molecule has 1 aromatic carbocycles. The molecule has 1 fully saturated rings. The second kappa shape index (κ2) is 4.64. The van der Waals surface area contributed by atoms with E-state index in [4.69, 9.17) is 14.6 Å². The van der Waals surface area contributed by atoms with Gasteiger partial charge in [0.2, 0.25) is 0 Å². The monoisotopic (exact) mass is 264 g/mol. The van der Waals surface area contributed by atoms with E-state index in [1.165, 1.54) is 6.07 Å². The predicted molar refractivity (Wildman–Crippen MR) is 66.8 cm³/mol. The molecule has 102 valence electrons. The molecule has 1 aliphatic carbocycles. The lowest BCUT2D eigenvalue weighted by molar-refractivity contribution is -0.137. The van der Waals surface area contributed by atoms with E-state index in [9.17, 15) is 9.90 Å². The van der Waals surface area contributed by atoms with Crippen LogP contribution < -0.4 is 9.47 Å². The number of fused-ring (bicyclic) bond motifs is 1. The summed E-state index contributed by atoms with van der Waals surface area (Å²) in [7, 11) is 0. The topological polar surface area (TPSA) is 76.0 Å². The maximum absolute atomic E-state index is 11.0. The molecule has 1 aliphatic heterocycles. The first-order valence-corrected chi connectivity index (χ1v) is 6.49. The predicted octanol–water partition coefficient (Wildman–Crippen LogP) is 2.13. The molecular formula is C14H16O5. The van der Waals surface area contributed by atoms with Crippen molar-refractivity contribution >= 4 is 5.97 Å². The van der Waals surface area contributed by atoms with Crippen LogP contribution in [0.25, 0.3) is 0 Å². The Morgan fingerprint density at radius 1 is 1.32 bits per heavy atom. The van der Waals surface area contributed by atoms with Gasteiger partial charge in [0, 0.05) is 17.5 Å². The Hall–Kier alpha value is -1.91. The molecule has 2 N–H and O–H groups in total. The van der Waals surface area contributed by atoms with Crippen LogP contribution in [-0.2, 0) is 4.79 Å². The van der Waals surface area contributed by atoms with Crippen LogP contribution in [0.2, 0.25) is 0 Å². The number of carboxylic acids is 1. The summed E-state index contributed by atoms with van der Waals surface area (Å²) < 4.78 is 11.1. The molecule has 1 atom stereocenters. The van der Waals surface area contributed by atoms with Gasteiger partial charge in [-0.25, -0.2) is 0 Å². The van der Waals surface area contributed by atoms with Gasteiger partial charge in [0.25, 0.3) is 0 Å². The lowest BCUT2D eigenvalue weighted by Gasteiger charge is -2.25. The lowest BCUT2D eigenvalue weighted by atomic mass is 9.89. The fourth-order valence-corrected chi connectivity index (χ4v) is 2.66. The van der Waals surface area contributed by atoms with E-state index in [0.29, 0.717) is 30.6 Å². The van der Waals surface area contributed by atoms with E-state index >= 15 is 0 Å². The van der Waals surface area contributed by atoms with Gasteiger partial charge in [0.1, 0.15) is 19.0 Å². The SMILES string of the molecule is O=C(O)CC(c1cc(O)cc2c1OCCO2)C1CC1. The average molecular weight is 264 g/mol. The Kier molecular flexibility index (Phi) is 2.97. The first kappa shape index (κ1) is 12.1. The number of carboxylic acid groups (broad SMARTS) is 1. The maximum Gasteiger partial charge on any atom is 0.303 e. The standard InChI is InChI=1S/C14H16O5/c15-9-5-11(10(7-13(16)17)8-1-2-8)14-12(6-9)18-3-4-19-14/h5-6,8,10,15H,1-4,7H2,(H,16,17). The van der Waals surface area contributed by atoms with Crippen LogP contribution in [0.4, 0.5) is 0 Å². The van der Waals surface area contributed by atoms with E-state index in [2.05, 4.69) is 0 Å². The van der Waals surface area contributed by atoms with Gasteiger partial charge in [-0.05, 0) is 24.8 Å². The molecule has 5 nitrogen and oxygen atoms in total. The molecule has 0 bridgehead atoms. The van der Waals surface area contributed by atoms with Crippen molar-refractivity contribution in [3.8, 4) is 17.2 Å². The zero-order chi connectivity index (χ0) is 13.4. The number of benzene rings is 1. The number of phenolic OH excluding ortho intramolecular Hbond substituents is 1. The Morgan fingerprint density at radius 2 is 2.05 bits per heavy atom. The molecule has 5 heteroatoms. The first-order valence-electron chi connectivity index (χ1n) is 6.49. The van der Waals surface area contributed by atoms with Gasteiger partial charge in [-0.15, -0.1) is 0 Å². The minimum Gasteiger partial charge on any atom is -0.508 e. The van der Waals surface area contributed by atoms with Gasteiger partial charge >= 0.3 is 5.97 Å². The van der Waals surface area contributed by atoms with Crippen LogP contribution in [0, 0.1) is 5.92 Å². The third-order valence-electron chi connectivity index (χ3n) is 3.64. The fourth-order valence-electron chi connectivity index (χ4n) is 2.66. The summed E-state index contributed by atoms with van der Waals surface area (Å²) in [5, 5.41) is 18.8. The van der Waals surface area contributed by atoms with Crippen molar-refractivity contribution in [2.24, 2.45) is 5.92 Å². The Bertz CT molecular complexity index is 507. The van der Waals surface area contributed by atoms with Crippen molar-refractivity contribution in [1.82, 2.24) is 0 Å². The molecule has 0 amide bonds. The number of rotatable bonds is 4. The first-order chi connectivity index (χ1) is 9.15. The highest BCUT2D eigenvalue weighted by Crippen LogP contribution is 2.50. The van der Waals surface area contributed by atoms with E-state index in [-0.39, 0.29) is 18.1 Å². The van der Waals surface area contributed by atoms with Crippen LogP contribution in [0.3, 0.4) is 0 Å². The highest BCUT2D eigenvalue weighted by atomic mass is 16.6. The van der Waals surface area contributed by atoms with Crippen LogP contribution in [0.15, 0.2) is 12.1 Å². The number of aliphatic carboxylic acids is 1. The fraction of sp³-hybridized carbons (Fsp3) is 0.500. The molecule has 3 rings (SSSR count). The summed E-state index contributed by atoms with van der Waals surface area (Å²) in [6.45, 7) is 0.901. The molecule has 2 aliphatic rings. The van der Waals surface area contributed by atoms with Gasteiger partial charge in [-0.2, -0.15) is 0 Å². The van der Waals surface area contributed by atoms with Crippen molar-refractivity contribution in [1.29, 1.82) is 0 Å². The molecule has 0 saturated heterocycles. The molecule has 1 heterocycles. The quantitative estimate of drug-likeness (QED) is 0.871. The van der Waals surface area contributed by atoms with Crippen molar-refractivity contribution in [2.45, 2.75) is 25.2 Å². The largest absolute Gasteiger partial charge is 0.508 e. The van der Waals surface area contributed by atoms with Gasteiger partial charge in [-0.3, -0.25) is 4.79 Å². The summed E-state index contributed by atoms with van der Waals surface area (Å²) in [5.74, 6) is 0.632. The minimum atomic E-state index is -0.828. The van der Waals surface area contributed by atoms with E-state index < -0.39 is 5.97 Å². The number of hydrogen-bond donors (Lipinski definition) is 2. The lowest BCUT2D eigenvalue weighted by Crippen LogP contribution is -2.18. The highest BCUT2D eigenvalue weighted by molar-refractivity contribution is 5.69. The Labute approximate surface area is 110 Å². The summed E-state index contributed by atoms with van der Waals surface area (Å²) in [5.41, 5.74) is 0.764. The van der Waals surface area contributed by atoms with Crippen molar-refractivity contribution < 1.29 is 24.5 Å². The summed E-state index contributed by atoms with van der Waals surface area (Å²) in [6.07, 6.45) is 2.12. The molecule has 1 unspecified atom stereocenters. The molecule has 0 radical (unpaired) electrons. The van der Waals surface area contributed by atoms with Crippen LogP contribution in [0.5, 0.6) is 17.2 Å². The van der Waals surface area contributed by atoms with Gasteiger partial charge in [-0.1, -0.05) is 0 Å². The number of ether oxygens (including phenoxy) is 2. The van der Waals surface area contributed by atoms with Crippen LogP contribution in [-0.4, -0.2) is 29.4 Å². The van der Waals surface area contributed by atoms with Crippen LogP contribution >= 0.6 is 0 Å².